The number of hydrogen-bond donors (Lipinski definition) is 3. The van der Waals surface area contributed by atoms with Crippen molar-refractivity contribution in [2.24, 2.45) is 5.92 Å². The second kappa shape index (κ2) is 15.6. The maximum Gasteiger partial charge on any atom is 0.410 e. The first kappa shape index (κ1) is 39.7. The molecule has 0 aromatic heterocycles. The number of amides is 5. The fraction of sp³-hybridized carbons (Fsp3) is 0.513. The van der Waals surface area contributed by atoms with Gasteiger partial charge in [0.05, 0.1) is 18.0 Å². The molecule has 1 saturated heterocycles. The van der Waals surface area contributed by atoms with Gasteiger partial charge in [0.2, 0.25) is 11.8 Å². The van der Waals surface area contributed by atoms with Crippen molar-refractivity contribution in [3.8, 4) is 0 Å². The summed E-state index contributed by atoms with van der Waals surface area (Å²) in [7, 11) is -4.32. The quantitative estimate of drug-likeness (QED) is 0.372. The largest absolute Gasteiger partial charge is 0.444 e. The number of nitrogens with zero attached hydrogens (tertiary/aromatic N) is 2. The number of benzene rings is 2. The van der Waals surface area contributed by atoms with Crippen LogP contribution in [0.15, 0.2) is 59.5 Å². The lowest BCUT2D eigenvalue weighted by atomic mass is 10.0. The Bertz CT molecular complexity index is 2000. The molecule has 5 atom stereocenters. The molecule has 296 valence electrons. The molecule has 3 aliphatic heterocycles. The Morgan fingerprint density at radius 3 is 2.51 bits per heavy atom. The lowest BCUT2D eigenvalue weighted by Gasteiger charge is -2.30. The zero-order chi connectivity index (χ0) is 39.7. The van der Waals surface area contributed by atoms with Crippen molar-refractivity contribution in [1.29, 1.82) is 0 Å². The highest BCUT2D eigenvalue weighted by Gasteiger charge is 2.62. The summed E-state index contributed by atoms with van der Waals surface area (Å²) in [5, 5.41) is 5.45. The van der Waals surface area contributed by atoms with E-state index in [0.717, 1.165) is 6.42 Å². The summed E-state index contributed by atoms with van der Waals surface area (Å²) >= 11 is 0. The van der Waals surface area contributed by atoms with E-state index in [1.165, 1.54) is 21.9 Å². The van der Waals surface area contributed by atoms with Gasteiger partial charge in [0.1, 0.15) is 35.1 Å². The number of nitrogens with one attached hydrogen (secondary N) is 3. The topological polar surface area (TPSA) is 181 Å². The average Bonchev–Trinajstić information content (AvgIpc) is 3.40. The molecule has 4 aliphatic rings. The predicted octanol–water partition coefficient (Wildman–Crippen LogP) is 4.35. The van der Waals surface area contributed by atoms with Crippen LogP contribution in [0.2, 0.25) is 0 Å². The van der Waals surface area contributed by atoms with Crippen LogP contribution in [0.5, 0.6) is 0 Å². The molecule has 0 bridgehead atoms. The van der Waals surface area contributed by atoms with Crippen molar-refractivity contribution in [1.82, 2.24) is 25.2 Å². The van der Waals surface area contributed by atoms with Gasteiger partial charge in [0.15, 0.2) is 0 Å². The van der Waals surface area contributed by atoms with E-state index in [4.69, 9.17) is 9.47 Å². The molecular weight excluding hydrogens is 734 g/mol. The van der Waals surface area contributed by atoms with Gasteiger partial charge in [-0.05, 0) is 76.6 Å². The fourth-order valence-corrected chi connectivity index (χ4v) is 8.75. The van der Waals surface area contributed by atoms with Gasteiger partial charge in [-0.25, -0.2) is 27.1 Å². The molecule has 0 unspecified atom stereocenters. The minimum Gasteiger partial charge on any atom is -0.444 e. The van der Waals surface area contributed by atoms with E-state index in [0.29, 0.717) is 36.0 Å². The van der Waals surface area contributed by atoms with Crippen LogP contribution in [0.1, 0.15) is 82.4 Å². The molecule has 2 aromatic rings. The fourth-order valence-electron chi connectivity index (χ4n) is 7.47. The third-order valence-electron chi connectivity index (χ3n) is 10.4. The number of alkyl carbamates (subject to hydrolysis) is 1. The Labute approximate surface area is 320 Å². The normalized spacial score (nSPS) is 25.7. The second-order valence-corrected chi connectivity index (χ2v) is 17.4. The first-order valence-electron chi connectivity index (χ1n) is 18.6. The first-order valence-corrected chi connectivity index (χ1v) is 20.1. The molecule has 3 heterocycles. The third kappa shape index (κ3) is 8.95. The van der Waals surface area contributed by atoms with Crippen molar-refractivity contribution in [2.45, 2.75) is 120 Å². The van der Waals surface area contributed by atoms with Crippen molar-refractivity contribution in [2.75, 3.05) is 6.54 Å². The van der Waals surface area contributed by atoms with Crippen molar-refractivity contribution < 1.29 is 46.3 Å². The van der Waals surface area contributed by atoms with E-state index in [1.807, 2.05) is 6.08 Å². The number of fused-ring (bicyclic) bond motifs is 3. The zero-order valence-corrected chi connectivity index (χ0v) is 32.2. The molecule has 14 nitrogen and oxygen atoms in total. The van der Waals surface area contributed by atoms with Crippen LogP contribution >= 0.6 is 0 Å². The summed E-state index contributed by atoms with van der Waals surface area (Å²) in [6, 6.07) is 8.42. The smallest absolute Gasteiger partial charge is 0.410 e. The third-order valence-corrected chi connectivity index (χ3v) is 11.9. The minimum absolute atomic E-state index is 0.0139. The van der Waals surface area contributed by atoms with E-state index in [-0.39, 0.29) is 43.8 Å². The van der Waals surface area contributed by atoms with E-state index < -0.39 is 81.0 Å². The molecule has 5 amide bonds. The van der Waals surface area contributed by atoms with Crippen LogP contribution in [-0.2, 0) is 47.0 Å². The van der Waals surface area contributed by atoms with Gasteiger partial charge < -0.3 is 25.0 Å². The number of hydrogen-bond acceptors (Lipinski definition) is 9. The van der Waals surface area contributed by atoms with Crippen molar-refractivity contribution >= 4 is 39.9 Å². The first-order chi connectivity index (χ1) is 26.0. The molecule has 6 rings (SSSR count). The van der Waals surface area contributed by atoms with Crippen LogP contribution in [0.25, 0.3) is 0 Å². The van der Waals surface area contributed by atoms with Crippen LogP contribution in [0, 0.1) is 18.7 Å². The Balaban J connectivity index is 1.27. The number of aryl methyl sites for hydroxylation is 1. The van der Waals surface area contributed by atoms with E-state index >= 15 is 0 Å². The monoisotopic (exact) mass is 781 g/mol. The standard InChI is InChI=1S/C39H48FN5O9S/c1-24-13-10-11-18-32(24)55(51,52)43-35(48)39-20-26(39)15-8-6-5-7-9-17-30(41-36(49)54-38(2,3)4)34(47)45-22-27(19-31(45)33(46)42-39)53-37(50)44-21-25-14-12-16-29(40)28(25)23-44/h8,10-16,18,26-27,30-31H,5-7,9,17,19-23H2,1-4H3,(H,41,49)(H,42,46)(H,43,48)/t26-,27-,30+,31+,39-/m1/s1. The van der Waals surface area contributed by atoms with Crippen LogP contribution in [-0.4, -0.2) is 84.0 Å². The SMILES string of the molecule is Cc1ccccc1S(=O)(=O)NC(=O)[C@@]12C[C@H]1C=CCCCCC[C@H](NC(=O)OC(C)(C)C)C(=O)N1C[C@H](OC(=O)N3Cc4cccc(F)c4C3)C[C@H]1C(=O)N2. The Kier molecular flexibility index (Phi) is 11.3. The molecular formula is C39H48FN5O9S. The van der Waals surface area contributed by atoms with Gasteiger partial charge in [0, 0.05) is 24.4 Å². The average molecular weight is 782 g/mol. The molecule has 1 aliphatic carbocycles. The molecule has 3 N–H and O–H groups in total. The number of sulfonamides is 1. The van der Waals surface area contributed by atoms with E-state index in [2.05, 4.69) is 15.4 Å². The highest BCUT2D eigenvalue weighted by molar-refractivity contribution is 7.90. The van der Waals surface area contributed by atoms with Gasteiger partial charge in [-0.15, -0.1) is 0 Å². The highest BCUT2D eigenvalue weighted by atomic mass is 32.2. The van der Waals surface area contributed by atoms with Gasteiger partial charge >= 0.3 is 12.2 Å². The second-order valence-electron chi connectivity index (χ2n) is 15.7. The van der Waals surface area contributed by atoms with Crippen molar-refractivity contribution in [3.05, 3.63) is 77.1 Å². The maximum absolute atomic E-state index is 14.5. The highest BCUT2D eigenvalue weighted by Crippen LogP contribution is 2.46. The molecule has 1 saturated carbocycles. The predicted molar refractivity (Wildman–Crippen MR) is 197 cm³/mol. The van der Waals surface area contributed by atoms with Gasteiger partial charge in [-0.3, -0.25) is 19.3 Å². The number of carbonyl (C=O) groups excluding carboxylic acids is 5. The summed E-state index contributed by atoms with van der Waals surface area (Å²) in [4.78, 5) is 71.5. The van der Waals surface area contributed by atoms with Gasteiger partial charge in [0.25, 0.3) is 15.9 Å². The Morgan fingerprint density at radius 2 is 1.78 bits per heavy atom. The molecule has 0 radical (unpaired) electrons. The molecule has 0 spiro atoms. The number of rotatable bonds is 5. The number of carbonyl (C=O) groups is 5. The van der Waals surface area contributed by atoms with Crippen LogP contribution in [0.4, 0.5) is 14.0 Å². The number of allylic oxidation sites excluding steroid dienone is 1. The molecule has 55 heavy (non-hydrogen) atoms. The molecule has 2 fully saturated rings. The zero-order valence-electron chi connectivity index (χ0n) is 31.4. The summed E-state index contributed by atoms with van der Waals surface area (Å²) in [6.45, 7) is 6.56. The lowest BCUT2D eigenvalue weighted by Crippen LogP contribution is -2.58. The summed E-state index contributed by atoms with van der Waals surface area (Å²) in [6.07, 6.45) is 3.95. The minimum atomic E-state index is -4.32. The number of halogens is 1. The summed E-state index contributed by atoms with van der Waals surface area (Å²) in [5.74, 6) is -3.27. The van der Waals surface area contributed by atoms with Crippen LogP contribution in [0.3, 0.4) is 0 Å². The molecule has 2 aromatic carbocycles. The Hall–Kier alpha value is -4.99. The van der Waals surface area contributed by atoms with E-state index in [9.17, 15) is 36.8 Å². The number of ether oxygens (including phenoxy) is 2. The van der Waals surface area contributed by atoms with Crippen LogP contribution < -0.4 is 15.4 Å². The van der Waals surface area contributed by atoms with Crippen molar-refractivity contribution in [3.63, 3.8) is 0 Å². The van der Waals surface area contributed by atoms with Gasteiger partial charge in [-0.1, -0.05) is 55.3 Å². The lowest BCUT2D eigenvalue weighted by molar-refractivity contribution is -0.141. The molecule has 16 heteroatoms. The summed E-state index contributed by atoms with van der Waals surface area (Å²) in [5.41, 5.74) is -1.05. The van der Waals surface area contributed by atoms with Gasteiger partial charge in [-0.2, -0.15) is 0 Å². The van der Waals surface area contributed by atoms with E-state index in [1.54, 1.807) is 64.1 Å². The Morgan fingerprint density at radius 1 is 1.02 bits per heavy atom. The summed E-state index contributed by atoms with van der Waals surface area (Å²) < 4.78 is 54.7. The maximum atomic E-state index is 14.5.